The molecule has 23 heavy (non-hydrogen) atoms. The third kappa shape index (κ3) is 5.10. The first kappa shape index (κ1) is 17.0. The number of benzene rings is 2. The van der Waals surface area contributed by atoms with Gasteiger partial charge in [0.05, 0.1) is 6.21 Å². The average molecular weight is 377 g/mol. The number of ether oxygens (including phenoxy) is 1. The summed E-state index contributed by atoms with van der Waals surface area (Å²) in [5, 5.41) is 13.6. The number of nitrogens with one attached hydrogen (secondary N) is 1. The van der Waals surface area contributed by atoms with Crippen molar-refractivity contribution in [1.82, 2.24) is 5.43 Å². The quantitative estimate of drug-likeness (QED) is 0.621. The fourth-order valence-corrected chi connectivity index (χ4v) is 2.22. The number of hydrogen-bond acceptors (Lipinski definition) is 4. The number of nitrogens with zero attached hydrogens (tertiary/aromatic N) is 1. The molecule has 0 bridgehead atoms. The van der Waals surface area contributed by atoms with Gasteiger partial charge in [-0.15, -0.1) is 0 Å². The van der Waals surface area contributed by atoms with Crippen LogP contribution < -0.4 is 10.2 Å². The van der Waals surface area contributed by atoms with Gasteiger partial charge in [-0.1, -0.05) is 15.9 Å². The number of carbonyl (C=O) groups is 1. The highest BCUT2D eigenvalue weighted by molar-refractivity contribution is 9.10. The van der Waals surface area contributed by atoms with Crippen LogP contribution in [0, 0.1) is 13.8 Å². The van der Waals surface area contributed by atoms with E-state index in [2.05, 4.69) is 26.5 Å². The summed E-state index contributed by atoms with van der Waals surface area (Å²) < 4.78 is 6.28. The molecule has 0 heterocycles. The Labute approximate surface area is 143 Å². The second-order valence-electron chi connectivity index (χ2n) is 5.04. The fourth-order valence-electron chi connectivity index (χ4n) is 1.95. The van der Waals surface area contributed by atoms with Crippen molar-refractivity contribution in [2.45, 2.75) is 13.8 Å². The zero-order valence-corrected chi connectivity index (χ0v) is 14.4. The molecule has 0 saturated heterocycles. The standard InChI is InChI=1S/C17H17BrN2O3/c1-11-7-13(8-12(2)17(11)22)9-19-20-16(21)10-23-15-5-3-14(18)4-6-15/h3-9,22H,10H2,1-2H3,(H,20,21)/b19-9+. The van der Waals surface area contributed by atoms with Crippen LogP contribution in [0.15, 0.2) is 46.0 Å². The van der Waals surface area contributed by atoms with Crippen LogP contribution in [0.5, 0.6) is 11.5 Å². The van der Waals surface area contributed by atoms with E-state index >= 15 is 0 Å². The minimum Gasteiger partial charge on any atom is -0.507 e. The molecule has 0 fully saturated rings. The number of rotatable bonds is 5. The van der Waals surface area contributed by atoms with Crippen LogP contribution in [0.4, 0.5) is 0 Å². The predicted molar refractivity (Wildman–Crippen MR) is 93.0 cm³/mol. The Bertz CT molecular complexity index is 704. The van der Waals surface area contributed by atoms with Crippen LogP contribution in [0.3, 0.4) is 0 Å². The fraction of sp³-hybridized carbons (Fsp3) is 0.176. The van der Waals surface area contributed by atoms with E-state index in [1.54, 1.807) is 24.3 Å². The molecule has 120 valence electrons. The molecule has 2 aromatic carbocycles. The normalized spacial score (nSPS) is 10.7. The van der Waals surface area contributed by atoms with Crippen LogP contribution in [0.2, 0.25) is 0 Å². The van der Waals surface area contributed by atoms with E-state index in [0.717, 1.165) is 21.2 Å². The summed E-state index contributed by atoms with van der Waals surface area (Å²) in [6.07, 6.45) is 1.52. The lowest BCUT2D eigenvalue weighted by molar-refractivity contribution is -0.123. The number of hydrazone groups is 1. The lowest BCUT2D eigenvalue weighted by atomic mass is 10.1. The van der Waals surface area contributed by atoms with Crippen LogP contribution >= 0.6 is 15.9 Å². The van der Waals surface area contributed by atoms with Gasteiger partial charge < -0.3 is 9.84 Å². The van der Waals surface area contributed by atoms with Crippen LogP contribution in [0.1, 0.15) is 16.7 Å². The summed E-state index contributed by atoms with van der Waals surface area (Å²) >= 11 is 3.33. The summed E-state index contributed by atoms with van der Waals surface area (Å²) in [7, 11) is 0. The summed E-state index contributed by atoms with van der Waals surface area (Å²) in [5.41, 5.74) is 4.72. The number of phenols is 1. The van der Waals surface area contributed by atoms with Gasteiger partial charge >= 0.3 is 0 Å². The molecule has 0 aromatic heterocycles. The van der Waals surface area contributed by atoms with Crippen LogP contribution in [-0.4, -0.2) is 23.8 Å². The molecule has 0 aliphatic carbocycles. The third-order valence-electron chi connectivity index (χ3n) is 3.10. The molecule has 5 nitrogen and oxygen atoms in total. The first-order chi connectivity index (χ1) is 11.0. The minimum atomic E-state index is -0.351. The van der Waals surface area contributed by atoms with Crippen molar-refractivity contribution in [3.8, 4) is 11.5 Å². The van der Waals surface area contributed by atoms with Crippen molar-refractivity contribution < 1.29 is 14.6 Å². The van der Waals surface area contributed by atoms with E-state index in [1.807, 2.05) is 26.0 Å². The summed E-state index contributed by atoms with van der Waals surface area (Å²) in [4.78, 5) is 11.7. The molecule has 6 heteroatoms. The SMILES string of the molecule is Cc1cc(/C=N/NC(=O)COc2ccc(Br)cc2)cc(C)c1O. The first-order valence-electron chi connectivity index (χ1n) is 6.96. The summed E-state index contributed by atoms with van der Waals surface area (Å²) in [6.45, 7) is 3.50. The maximum atomic E-state index is 11.7. The molecular weight excluding hydrogens is 360 g/mol. The topological polar surface area (TPSA) is 70.9 Å². The van der Waals surface area contributed by atoms with E-state index in [1.165, 1.54) is 6.21 Å². The number of phenolic OH excluding ortho intramolecular Hbond substituents is 1. The number of amides is 1. The summed E-state index contributed by atoms with van der Waals surface area (Å²) in [6, 6.07) is 10.8. The zero-order chi connectivity index (χ0) is 16.8. The van der Waals surface area contributed by atoms with Gasteiger partial charge in [-0.3, -0.25) is 4.79 Å². The minimum absolute atomic E-state index is 0.118. The molecule has 0 aliphatic rings. The lowest BCUT2D eigenvalue weighted by Gasteiger charge is -2.05. The van der Waals surface area contributed by atoms with Crippen LogP contribution in [-0.2, 0) is 4.79 Å². The van der Waals surface area contributed by atoms with E-state index in [-0.39, 0.29) is 18.3 Å². The Balaban J connectivity index is 1.85. The van der Waals surface area contributed by atoms with Crippen molar-refractivity contribution in [3.05, 3.63) is 57.6 Å². The van der Waals surface area contributed by atoms with Gasteiger partial charge in [-0.05, 0) is 66.9 Å². The number of aryl methyl sites for hydroxylation is 2. The van der Waals surface area contributed by atoms with Crippen molar-refractivity contribution in [2.75, 3.05) is 6.61 Å². The molecule has 2 aromatic rings. The van der Waals surface area contributed by atoms with Crippen molar-refractivity contribution in [3.63, 3.8) is 0 Å². The largest absolute Gasteiger partial charge is 0.507 e. The molecular formula is C17H17BrN2O3. The van der Waals surface area contributed by atoms with Crippen molar-refractivity contribution in [2.24, 2.45) is 5.10 Å². The summed E-state index contributed by atoms with van der Waals surface area (Å²) in [5.74, 6) is 0.530. The maximum Gasteiger partial charge on any atom is 0.277 e. The molecule has 0 aliphatic heterocycles. The lowest BCUT2D eigenvalue weighted by Crippen LogP contribution is -2.24. The highest BCUT2D eigenvalue weighted by Gasteiger charge is 2.03. The van der Waals surface area contributed by atoms with Gasteiger partial charge in [0.2, 0.25) is 0 Å². The van der Waals surface area contributed by atoms with Gasteiger partial charge in [-0.2, -0.15) is 5.10 Å². The molecule has 1 amide bonds. The zero-order valence-electron chi connectivity index (χ0n) is 12.8. The van der Waals surface area contributed by atoms with Gasteiger partial charge in [-0.25, -0.2) is 5.43 Å². The highest BCUT2D eigenvalue weighted by Crippen LogP contribution is 2.22. The van der Waals surface area contributed by atoms with Gasteiger partial charge in [0.15, 0.2) is 6.61 Å². The molecule has 0 saturated carbocycles. The number of aromatic hydroxyl groups is 1. The average Bonchev–Trinajstić information content (AvgIpc) is 2.52. The second-order valence-corrected chi connectivity index (χ2v) is 5.95. The third-order valence-corrected chi connectivity index (χ3v) is 3.63. The highest BCUT2D eigenvalue weighted by atomic mass is 79.9. The smallest absolute Gasteiger partial charge is 0.277 e. The molecule has 0 radical (unpaired) electrons. The predicted octanol–water partition coefficient (Wildman–Crippen LogP) is 3.30. The van der Waals surface area contributed by atoms with Crippen molar-refractivity contribution >= 4 is 28.1 Å². The second kappa shape index (κ2) is 7.78. The molecule has 0 atom stereocenters. The van der Waals surface area contributed by atoms with E-state index in [0.29, 0.717) is 5.75 Å². The first-order valence-corrected chi connectivity index (χ1v) is 7.75. The monoisotopic (exact) mass is 376 g/mol. The van der Waals surface area contributed by atoms with Crippen LogP contribution in [0.25, 0.3) is 0 Å². The van der Waals surface area contributed by atoms with Gasteiger partial charge in [0, 0.05) is 4.47 Å². The van der Waals surface area contributed by atoms with Gasteiger partial charge in [0.1, 0.15) is 11.5 Å². The number of carbonyl (C=O) groups excluding carboxylic acids is 1. The number of hydrogen-bond donors (Lipinski definition) is 2. The molecule has 2 rings (SSSR count). The number of halogens is 1. The molecule has 0 spiro atoms. The van der Waals surface area contributed by atoms with Gasteiger partial charge in [0.25, 0.3) is 5.91 Å². The van der Waals surface area contributed by atoms with E-state index in [4.69, 9.17) is 4.74 Å². The Morgan fingerprint density at radius 1 is 1.26 bits per heavy atom. The Hall–Kier alpha value is -2.34. The molecule has 2 N–H and O–H groups in total. The Kier molecular flexibility index (Phi) is 5.76. The Morgan fingerprint density at radius 3 is 2.48 bits per heavy atom. The Morgan fingerprint density at radius 2 is 1.87 bits per heavy atom. The maximum absolute atomic E-state index is 11.7. The van der Waals surface area contributed by atoms with Crippen molar-refractivity contribution in [1.29, 1.82) is 0 Å². The van der Waals surface area contributed by atoms with E-state index < -0.39 is 0 Å². The van der Waals surface area contributed by atoms with E-state index in [9.17, 15) is 9.90 Å². The molecule has 0 unspecified atom stereocenters.